The van der Waals surface area contributed by atoms with Gasteiger partial charge in [0.2, 0.25) is 0 Å². The average molecular weight is 450 g/mol. The zero-order chi connectivity index (χ0) is 22.8. The minimum Gasteiger partial charge on any atom is -0.449 e. The normalized spacial score (nSPS) is 16.3. The molecule has 5 rings (SSSR count). The highest BCUT2D eigenvalue weighted by Crippen LogP contribution is 2.34. The lowest BCUT2D eigenvalue weighted by Crippen LogP contribution is -2.32. The minimum absolute atomic E-state index is 0.272. The van der Waals surface area contributed by atoms with Gasteiger partial charge in [-0.05, 0) is 55.9 Å². The number of para-hydroxylation sites is 1. The Morgan fingerprint density at radius 2 is 2.00 bits per heavy atom. The van der Waals surface area contributed by atoms with Crippen molar-refractivity contribution >= 4 is 22.7 Å². The van der Waals surface area contributed by atoms with Gasteiger partial charge in [0, 0.05) is 42.7 Å². The number of aromatic nitrogens is 1. The van der Waals surface area contributed by atoms with Gasteiger partial charge in [-0.2, -0.15) is 0 Å². The summed E-state index contributed by atoms with van der Waals surface area (Å²) in [6.07, 6.45) is 4.04. The van der Waals surface area contributed by atoms with E-state index in [9.17, 15) is 9.18 Å². The topological polar surface area (TPSA) is 58.8 Å². The molecule has 0 spiro atoms. The molecule has 3 aromatic rings. The van der Waals surface area contributed by atoms with Crippen molar-refractivity contribution in [3.63, 3.8) is 0 Å². The second kappa shape index (κ2) is 9.25. The molecular weight excluding hydrogens is 421 g/mol. The zero-order valence-electron chi connectivity index (χ0n) is 18.6. The monoisotopic (exact) mass is 449 g/mol. The minimum atomic E-state index is -0.313. The van der Waals surface area contributed by atoms with Crippen molar-refractivity contribution in [2.45, 2.75) is 38.0 Å². The van der Waals surface area contributed by atoms with Crippen LogP contribution in [0, 0.1) is 5.82 Å². The highest BCUT2D eigenvalue weighted by atomic mass is 19.1. The number of piperidine rings is 1. The lowest BCUT2D eigenvalue weighted by Gasteiger charge is -2.34. The number of nitrogens with zero attached hydrogens (tertiary/aromatic N) is 3. The molecule has 1 amide bonds. The molecular formula is C26H28FN3O3. The van der Waals surface area contributed by atoms with Crippen molar-refractivity contribution < 1.29 is 18.4 Å². The van der Waals surface area contributed by atoms with Gasteiger partial charge in [-0.15, -0.1) is 0 Å². The molecule has 1 fully saturated rings. The summed E-state index contributed by atoms with van der Waals surface area (Å²) in [4.78, 5) is 16.5. The first-order valence-electron chi connectivity index (χ1n) is 11.6. The van der Waals surface area contributed by atoms with E-state index in [4.69, 9.17) is 9.26 Å². The number of allylic oxidation sites excluding steroid dienone is 1. The van der Waals surface area contributed by atoms with Crippen LogP contribution in [0.5, 0.6) is 0 Å². The molecule has 0 saturated carbocycles. The number of carbonyl (C=O) groups is 1. The number of fused-ring (bicyclic) bond motifs is 2. The van der Waals surface area contributed by atoms with Gasteiger partial charge in [-0.1, -0.05) is 29.9 Å². The number of halogens is 1. The fraction of sp³-hybridized carbons (Fsp3) is 0.385. The molecule has 1 saturated heterocycles. The van der Waals surface area contributed by atoms with E-state index in [1.807, 2.05) is 18.2 Å². The van der Waals surface area contributed by atoms with Crippen LogP contribution in [0.25, 0.3) is 11.0 Å². The molecule has 0 atom stereocenters. The summed E-state index contributed by atoms with van der Waals surface area (Å²) in [7, 11) is 0. The molecule has 0 unspecified atom stereocenters. The van der Waals surface area contributed by atoms with E-state index in [-0.39, 0.29) is 11.9 Å². The Labute approximate surface area is 192 Å². The van der Waals surface area contributed by atoms with Crippen LogP contribution in [0.4, 0.5) is 14.9 Å². The van der Waals surface area contributed by atoms with Gasteiger partial charge in [0.25, 0.3) is 0 Å². The van der Waals surface area contributed by atoms with Gasteiger partial charge in [0.05, 0.1) is 18.0 Å². The zero-order valence-corrected chi connectivity index (χ0v) is 18.6. The molecule has 0 N–H and O–H groups in total. The van der Waals surface area contributed by atoms with Crippen LogP contribution in [-0.4, -0.2) is 42.4 Å². The lowest BCUT2D eigenvalue weighted by atomic mass is 9.91. The third-order valence-corrected chi connectivity index (χ3v) is 6.73. The van der Waals surface area contributed by atoms with Crippen LogP contribution in [0.1, 0.15) is 42.9 Å². The van der Waals surface area contributed by atoms with Crippen LogP contribution in [0.3, 0.4) is 0 Å². The maximum atomic E-state index is 13.4. The van der Waals surface area contributed by atoms with Crippen molar-refractivity contribution in [3.8, 4) is 0 Å². The summed E-state index contributed by atoms with van der Waals surface area (Å²) in [6.45, 7) is 7.09. The number of rotatable bonds is 6. The molecule has 3 heterocycles. The van der Waals surface area contributed by atoms with E-state index < -0.39 is 0 Å². The first kappa shape index (κ1) is 21.5. The van der Waals surface area contributed by atoms with Crippen molar-refractivity contribution in [2.24, 2.45) is 0 Å². The van der Waals surface area contributed by atoms with E-state index in [1.54, 1.807) is 11.0 Å². The van der Waals surface area contributed by atoms with Gasteiger partial charge in [-0.3, -0.25) is 4.90 Å². The van der Waals surface area contributed by atoms with Crippen molar-refractivity contribution in [1.82, 2.24) is 10.1 Å². The fourth-order valence-electron chi connectivity index (χ4n) is 4.89. The second-order valence-corrected chi connectivity index (χ2v) is 8.78. The Morgan fingerprint density at radius 3 is 2.85 bits per heavy atom. The lowest BCUT2D eigenvalue weighted by molar-refractivity contribution is 0.151. The third-order valence-electron chi connectivity index (χ3n) is 6.73. The summed E-state index contributed by atoms with van der Waals surface area (Å²) in [5, 5.41) is 5.12. The number of anilines is 1. The second-order valence-electron chi connectivity index (χ2n) is 8.78. The predicted molar refractivity (Wildman–Crippen MR) is 125 cm³/mol. The molecule has 0 aliphatic carbocycles. The Balaban J connectivity index is 1.06. The van der Waals surface area contributed by atoms with Gasteiger partial charge >= 0.3 is 6.09 Å². The van der Waals surface area contributed by atoms with E-state index in [2.05, 4.69) is 22.7 Å². The molecule has 2 aliphatic heterocycles. The maximum absolute atomic E-state index is 13.4. The standard InChI is InChI=1S/C26H28FN3O3/c1-18(5-4-16-32-26(31)30-15-12-19-6-2-3-7-23(19)30)29-13-10-20(11-14-29)25-22-9-8-21(27)17-24(22)33-28-25/h2-3,6-9,17,20H,1,4-5,10-16H2. The Morgan fingerprint density at radius 1 is 1.18 bits per heavy atom. The van der Waals surface area contributed by atoms with Gasteiger partial charge in [-0.25, -0.2) is 9.18 Å². The Kier molecular flexibility index (Phi) is 6.03. The summed E-state index contributed by atoms with van der Waals surface area (Å²) < 4.78 is 24.3. The molecule has 1 aromatic heterocycles. The van der Waals surface area contributed by atoms with Crippen molar-refractivity contribution in [2.75, 3.05) is 31.1 Å². The quantitative estimate of drug-likeness (QED) is 0.456. The fourth-order valence-corrected chi connectivity index (χ4v) is 4.89. The van der Waals surface area contributed by atoms with Crippen LogP contribution in [0.2, 0.25) is 0 Å². The first-order chi connectivity index (χ1) is 16.1. The highest BCUT2D eigenvalue weighted by Gasteiger charge is 2.27. The molecule has 0 bridgehead atoms. The van der Waals surface area contributed by atoms with Crippen LogP contribution in [-0.2, 0) is 11.2 Å². The van der Waals surface area contributed by atoms with Gasteiger partial charge in [0.1, 0.15) is 5.82 Å². The molecule has 7 heteroatoms. The molecule has 6 nitrogen and oxygen atoms in total. The summed E-state index contributed by atoms with van der Waals surface area (Å²) in [5.74, 6) is -0.0164. The predicted octanol–water partition coefficient (Wildman–Crippen LogP) is 5.64. The molecule has 33 heavy (non-hydrogen) atoms. The van der Waals surface area contributed by atoms with Crippen molar-refractivity contribution in [1.29, 1.82) is 0 Å². The molecule has 0 radical (unpaired) electrons. The van der Waals surface area contributed by atoms with E-state index in [1.165, 1.54) is 17.7 Å². The molecule has 172 valence electrons. The highest BCUT2D eigenvalue weighted by molar-refractivity contribution is 5.90. The number of likely N-dealkylation sites (tertiary alicyclic amines) is 1. The SMILES string of the molecule is C=C(CCCOC(=O)N1CCc2ccccc21)N1CCC(c2noc3cc(F)ccc23)CC1. The van der Waals surface area contributed by atoms with Gasteiger partial charge < -0.3 is 14.2 Å². The number of benzene rings is 2. The summed E-state index contributed by atoms with van der Waals surface area (Å²) in [6, 6.07) is 12.6. The maximum Gasteiger partial charge on any atom is 0.414 e. The van der Waals surface area contributed by atoms with Crippen LogP contribution < -0.4 is 4.90 Å². The van der Waals surface area contributed by atoms with E-state index in [0.29, 0.717) is 24.7 Å². The molecule has 2 aliphatic rings. The van der Waals surface area contributed by atoms with Gasteiger partial charge in [0.15, 0.2) is 5.58 Å². The van der Waals surface area contributed by atoms with E-state index >= 15 is 0 Å². The Hall–Kier alpha value is -3.35. The summed E-state index contributed by atoms with van der Waals surface area (Å²) >= 11 is 0. The number of hydrogen-bond donors (Lipinski definition) is 0. The third kappa shape index (κ3) is 4.45. The van der Waals surface area contributed by atoms with Crippen LogP contribution >= 0.6 is 0 Å². The number of amides is 1. The number of carbonyl (C=O) groups excluding carboxylic acids is 1. The summed E-state index contributed by atoms with van der Waals surface area (Å²) in [5.41, 5.74) is 4.65. The van der Waals surface area contributed by atoms with E-state index in [0.717, 1.165) is 67.7 Å². The largest absolute Gasteiger partial charge is 0.449 e. The first-order valence-corrected chi connectivity index (χ1v) is 11.6. The molecule has 2 aromatic carbocycles. The average Bonchev–Trinajstić information content (AvgIpc) is 3.46. The van der Waals surface area contributed by atoms with Crippen molar-refractivity contribution in [3.05, 3.63) is 71.8 Å². The van der Waals surface area contributed by atoms with Crippen LogP contribution in [0.15, 0.2) is 59.3 Å². The smallest absolute Gasteiger partial charge is 0.414 e. The number of hydrogen-bond acceptors (Lipinski definition) is 5. The Bertz CT molecular complexity index is 1170. The number of ether oxygens (including phenoxy) is 1.